The normalized spacial score (nSPS) is 9.50. The molecule has 0 amide bonds. The molecule has 0 unspecified atom stereocenters. The summed E-state index contributed by atoms with van der Waals surface area (Å²) in [6, 6.07) is 10.1. The molecule has 0 N–H and O–H groups in total. The van der Waals surface area contributed by atoms with Crippen LogP contribution in [0, 0.1) is 35.0 Å². The summed E-state index contributed by atoms with van der Waals surface area (Å²) in [5.41, 5.74) is -0.179. The third-order valence-electron chi connectivity index (χ3n) is 2.69. The van der Waals surface area contributed by atoms with Gasteiger partial charge < -0.3 is 0 Å². The van der Waals surface area contributed by atoms with E-state index in [2.05, 4.69) is 5.92 Å². The zero-order valence-electron chi connectivity index (χ0n) is 10.2. The molecule has 0 aliphatic carbocycles. The highest BCUT2D eigenvalue weighted by Gasteiger charge is 2.20. The van der Waals surface area contributed by atoms with Crippen molar-refractivity contribution in [2.24, 2.45) is 0 Å². The van der Waals surface area contributed by atoms with Crippen LogP contribution in [-0.2, 0) is 6.54 Å². The Bertz CT molecular complexity index is 838. The number of benzene rings is 1. The molecule has 0 atom stereocenters. The van der Waals surface area contributed by atoms with Crippen molar-refractivity contribution in [3.8, 4) is 30.2 Å². The van der Waals surface area contributed by atoms with Crippen molar-refractivity contribution in [3.05, 3.63) is 51.2 Å². The maximum atomic E-state index is 12.3. The fourth-order valence-electron chi connectivity index (χ4n) is 1.83. The molecule has 0 radical (unpaired) electrons. The first-order valence-electron chi connectivity index (χ1n) is 5.49. The molecule has 1 aromatic carbocycles. The summed E-state index contributed by atoms with van der Waals surface area (Å²) < 4.78 is 2.24. The number of hydrogen-bond donors (Lipinski definition) is 0. The predicted octanol–water partition coefficient (Wildman–Crippen LogP) is 1.67. The average Bonchev–Trinajstić information content (AvgIpc) is 2.72. The Morgan fingerprint density at radius 1 is 1.15 bits per heavy atom. The molecule has 96 valence electrons. The third-order valence-corrected chi connectivity index (χ3v) is 2.94. The van der Waals surface area contributed by atoms with E-state index >= 15 is 0 Å². The Labute approximate surface area is 119 Å². The van der Waals surface area contributed by atoms with E-state index in [0.717, 1.165) is 9.13 Å². The van der Waals surface area contributed by atoms with Crippen LogP contribution < -0.4 is 5.69 Å². The number of aromatic nitrogens is 2. The molecule has 0 fully saturated rings. The lowest BCUT2D eigenvalue weighted by molar-refractivity contribution is 0.765. The molecule has 5 nitrogen and oxygen atoms in total. The van der Waals surface area contributed by atoms with E-state index in [1.165, 1.54) is 0 Å². The molecular formula is C14H7ClN4O. The van der Waals surface area contributed by atoms with Crippen LogP contribution in [0.4, 0.5) is 0 Å². The maximum absolute atomic E-state index is 12.3. The van der Waals surface area contributed by atoms with E-state index in [0.29, 0.717) is 10.7 Å². The summed E-state index contributed by atoms with van der Waals surface area (Å²) >= 11 is 5.79. The van der Waals surface area contributed by atoms with Crippen molar-refractivity contribution in [2.45, 2.75) is 6.54 Å². The number of terminal acetylenes is 1. The Balaban J connectivity index is 2.81. The molecule has 0 saturated carbocycles. The minimum Gasteiger partial charge on any atom is -0.270 e. The van der Waals surface area contributed by atoms with Gasteiger partial charge in [-0.2, -0.15) is 10.5 Å². The first-order chi connectivity index (χ1) is 9.63. The van der Waals surface area contributed by atoms with Crippen molar-refractivity contribution in [2.75, 3.05) is 0 Å². The van der Waals surface area contributed by atoms with Gasteiger partial charge in [0.25, 0.3) is 0 Å². The predicted molar refractivity (Wildman–Crippen MR) is 73.3 cm³/mol. The van der Waals surface area contributed by atoms with Crippen molar-refractivity contribution in [1.82, 2.24) is 9.13 Å². The highest BCUT2D eigenvalue weighted by Crippen LogP contribution is 2.16. The second-order valence-corrected chi connectivity index (χ2v) is 4.24. The monoisotopic (exact) mass is 282 g/mol. The molecular weight excluding hydrogens is 276 g/mol. The lowest BCUT2D eigenvalue weighted by atomic mass is 10.3. The van der Waals surface area contributed by atoms with Crippen LogP contribution in [0.5, 0.6) is 0 Å². The summed E-state index contributed by atoms with van der Waals surface area (Å²) in [5, 5.41) is 18.8. The first-order valence-corrected chi connectivity index (χ1v) is 5.87. The van der Waals surface area contributed by atoms with Gasteiger partial charge in [0.1, 0.15) is 12.1 Å². The van der Waals surface area contributed by atoms with E-state index in [9.17, 15) is 10.1 Å². The lowest BCUT2D eigenvalue weighted by Crippen LogP contribution is -2.23. The van der Waals surface area contributed by atoms with Crippen molar-refractivity contribution < 1.29 is 0 Å². The van der Waals surface area contributed by atoms with E-state index in [1.54, 1.807) is 24.3 Å². The van der Waals surface area contributed by atoms with Crippen LogP contribution in [0.3, 0.4) is 0 Å². The Morgan fingerprint density at radius 2 is 1.75 bits per heavy atom. The van der Waals surface area contributed by atoms with Gasteiger partial charge in [0.05, 0.1) is 12.2 Å². The SMILES string of the molecule is C#CCn1c(C#N)c(C#N)n(-c2ccc(Cl)cc2)c1=O. The minimum absolute atomic E-state index is 0.0462. The summed E-state index contributed by atoms with van der Waals surface area (Å²) in [6.07, 6.45) is 5.18. The van der Waals surface area contributed by atoms with Gasteiger partial charge >= 0.3 is 5.69 Å². The second kappa shape index (κ2) is 5.36. The van der Waals surface area contributed by atoms with Gasteiger partial charge in [-0.15, -0.1) is 6.42 Å². The maximum Gasteiger partial charge on any atom is 0.335 e. The van der Waals surface area contributed by atoms with Gasteiger partial charge in [0, 0.05) is 5.02 Å². The molecule has 2 aromatic rings. The summed E-state index contributed by atoms with van der Waals surface area (Å²) in [6.45, 7) is -0.0724. The molecule has 0 spiro atoms. The van der Waals surface area contributed by atoms with E-state index in [-0.39, 0.29) is 17.9 Å². The second-order valence-electron chi connectivity index (χ2n) is 3.81. The molecule has 1 heterocycles. The lowest BCUT2D eigenvalue weighted by Gasteiger charge is -2.02. The highest BCUT2D eigenvalue weighted by atomic mass is 35.5. The number of nitrogens with zero attached hydrogens (tertiary/aromatic N) is 4. The standard InChI is InChI=1S/C14H7ClN4O/c1-2-7-18-12(8-16)13(9-17)19(14(18)20)11-5-3-10(15)4-6-11/h1,3-6H,7H2. The number of halogens is 1. The van der Waals surface area contributed by atoms with Gasteiger partial charge in [-0.05, 0) is 24.3 Å². The summed E-state index contributed by atoms with van der Waals surface area (Å²) in [4.78, 5) is 12.3. The fraction of sp³-hybridized carbons (Fsp3) is 0.0714. The van der Waals surface area contributed by atoms with Gasteiger partial charge in [0.2, 0.25) is 0 Å². The Hall–Kier alpha value is -2.94. The quantitative estimate of drug-likeness (QED) is 0.786. The molecule has 0 saturated heterocycles. The molecule has 6 heteroatoms. The van der Waals surface area contributed by atoms with Crippen LogP contribution in [0.2, 0.25) is 5.02 Å². The smallest absolute Gasteiger partial charge is 0.270 e. The Morgan fingerprint density at radius 3 is 2.25 bits per heavy atom. The average molecular weight is 283 g/mol. The number of nitriles is 2. The molecule has 0 aliphatic rings. The molecule has 0 bridgehead atoms. The highest BCUT2D eigenvalue weighted by molar-refractivity contribution is 6.30. The topological polar surface area (TPSA) is 74.5 Å². The van der Waals surface area contributed by atoms with Gasteiger partial charge in [-0.1, -0.05) is 17.5 Å². The zero-order valence-corrected chi connectivity index (χ0v) is 10.9. The van der Waals surface area contributed by atoms with Crippen LogP contribution >= 0.6 is 11.6 Å². The molecule has 0 aliphatic heterocycles. The van der Waals surface area contributed by atoms with E-state index in [4.69, 9.17) is 23.3 Å². The number of rotatable bonds is 2. The van der Waals surface area contributed by atoms with Crippen molar-refractivity contribution >= 4 is 11.6 Å². The summed E-state index contributed by atoms with van der Waals surface area (Å²) in [5.74, 6) is 2.29. The summed E-state index contributed by atoms with van der Waals surface area (Å²) in [7, 11) is 0. The van der Waals surface area contributed by atoms with Gasteiger partial charge in [0.15, 0.2) is 11.4 Å². The van der Waals surface area contributed by atoms with Crippen LogP contribution in [0.15, 0.2) is 29.1 Å². The number of hydrogen-bond acceptors (Lipinski definition) is 3. The molecule has 1 aromatic heterocycles. The van der Waals surface area contributed by atoms with E-state index < -0.39 is 5.69 Å². The van der Waals surface area contributed by atoms with Crippen molar-refractivity contribution in [3.63, 3.8) is 0 Å². The molecule has 2 rings (SSSR count). The minimum atomic E-state index is -0.529. The fourth-order valence-corrected chi connectivity index (χ4v) is 1.96. The Kier molecular flexibility index (Phi) is 3.62. The molecule has 20 heavy (non-hydrogen) atoms. The van der Waals surface area contributed by atoms with Crippen molar-refractivity contribution in [1.29, 1.82) is 10.5 Å². The largest absolute Gasteiger partial charge is 0.335 e. The third kappa shape index (κ3) is 2.06. The first kappa shape index (κ1) is 13.5. The van der Waals surface area contributed by atoms with Gasteiger partial charge in [-0.25, -0.2) is 4.79 Å². The number of imidazole rings is 1. The van der Waals surface area contributed by atoms with Crippen LogP contribution in [0.1, 0.15) is 11.4 Å². The zero-order chi connectivity index (χ0) is 14.7. The van der Waals surface area contributed by atoms with Gasteiger partial charge in [-0.3, -0.25) is 9.13 Å². The van der Waals surface area contributed by atoms with E-state index in [1.807, 2.05) is 12.1 Å². The van der Waals surface area contributed by atoms with Crippen LogP contribution in [0.25, 0.3) is 5.69 Å². The van der Waals surface area contributed by atoms with Crippen LogP contribution in [-0.4, -0.2) is 9.13 Å².